The molecule has 2 atom stereocenters. The molecule has 1 aromatic heterocycles. The summed E-state index contributed by atoms with van der Waals surface area (Å²) in [6.07, 6.45) is 0. The van der Waals surface area contributed by atoms with Crippen LogP contribution < -0.4 is 5.32 Å². The molecule has 1 aromatic rings. The maximum absolute atomic E-state index is 12.7. The molecule has 10 heteroatoms. The van der Waals surface area contributed by atoms with Crippen molar-refractivity contribution in [3.8, 4) is 0 Å². The predicted octanol–water partition coefficient (Wildman–Crippen LogP) is 2.21. The number of sulfonamides is 1. The van der Waals surface area contributed by atoms with Crippen molar-refractivity contribution in [2.75, 3.05) is 25.5 Å². The van der Waals surface area contributed by atoms with Gasteiger partial charge in [0, 0.05) is 36.7 Å². The quantitative estimate of drug-likeness (QED) is 0.660. The Labute approximate surface area is 131 Å². The summed E-state index contributed by atoms with van der Waals surface area (Å²) < 4.78 is 26.8. The smallest absolute Gasteiger partial charge is 0.304 e. The fourth-order valence-electron chi connectivity index (χ4n) is 2.26. The van der Waals surface area contributed by atoms with Crippen LogP contribution in [0.1, 0.15) is 13.8 Å². The Balaban J connectivity index is 2.37. The number of hydrogen-bond donors (Lipinski definition) is 1. The van der Waals surface area contributed by atoms with Gasteiger partial charge in [0.1, 0.15) is 4.21 Å². The SMILES string of the molecule is CNc1sc(S(=O)(=O)N2CC(C)SC(C)C2)cc1[N+](=O)[O-]. The number of thioether (sulfide) groups is 1. The number of anilines is 1. The monoisotopic (exact) mass is 351 g/mol. The molecule has 1 fully saturated rings. The summed E-state index contributed by atoms with van der Waals surface area (Å²) in [5.41, 5.74) is -0.200. The van der Waals surface area contributed by atoms with Gasteiger partial charge >= 0.3 is 5.69 Å². The van der Waals surface area contributed by atoms with Crippen LogP contribution in [0.15, 0.2) is 10.3 Å². The molecular formula is C11H17N3O4S3. The van der Waals surface area contributed by atoms with E-state index < -0.39 is 14.9 Å². The molecule has 0 aromatic carbocycles. The average Bonchev–Trinajstić information content (AvgIpc) is 2.82. The Hall–Kier alpha value is -0.840. The number of thiophene rings is 1. The molecule has 1 N–H and O–H groups in total. The first-order valence-electron chi connectivity index (χ1n) is 6.37. The molecule has 0 bridgehead atoms. The Morgan fingerprint density at radius 3 is 2.38 bits per heavy atom. The highest BCUT2D eigenvalue weighted by Gasteiger charge is 2.35. The molecule has 2 unspecified atom stereocenters. The van der Waals surface area contributed by atoms with Crippen LogP contribution in [-0.2, 0) is 10.0 Å². The van der Waals surface area contributed by atoms with Gasteiger partial charge in [0.05, 0.1) is 4.92 Å². The van der Waals surface area contributed by atoms with Gasteiger partial charge in [-0.3, -0.25) is 10.1 Å². The Morgan fingerprint density at radius 1 is 1.38 bits per heavy atom. The summed E-state index contributed by atoms with van der Waals surface area (Å²) in [5, 5.41) is 14.3. The second-order valence-corrected chi connectivity index (χ2v) is 9.96. The highest BCUT2D eigenvalue weighted by atomic mass is 32.2. The van der Waals surface area contributed by atoms with Gasteiger partial charge in [0.2, 0.25) is 0 Å². The van der Waals surface area contributed by atoms with Crippen molar-refractivity contribution in [3.05, 3.63) is 16.2 Å². The van der Waals surface area contributed by atoms with E-state index in [2.05, 4.69) is 5.32 Å². The fraction of sp³-hybridized carbons (Fsp3) is 0.636. The van der Waals surface area contributed by atoms with Gasteiger partial charge < -0.3 is 5.32 Å². The second kappa shape index (κ2) is 6.11. The van der Waals surface area contributed by atoms with E-state index in [0.717, 1.165) is 17.4 Å². The molecule has 1 aliphatic rings. The maximum Gasteiger partial charge on any atom is 0.304 e. The van der Waals surface area contributed by atoms with Crippen LogP contribution >= 0.6 is 23.1 Å². The van der Waals surface area contributed by atoms with Crippen LogP contribution in [0.2, 0.25) is 0 Å². The molecular weight excluding hydrogens is 334 g/mol. The van der Waals surface area contributed by atoms with Crippen molar-refractivity contribution in [1.29, 1.82) is 0 Å². The Bertz CT molecular complexity index is 633. The van der Waals surface area contributed by atoms with Crippen molar-refractivity contribution in [2.45, 2.75) is 28.6 Å². The van der Waals surface area contributed by atoms with Crippen LogP contribution in [0, 0.1) is 10.1 Å². The maximum atomic E-state index is 12.7. The van der Waals surface area contributed by atoms with E-state index in [1.165, 1.54) is 11.4 Å². The minimum absolute atomic E-state index is 0.0184. The minimum Gasteiger partial charge on any atom is -0.374 e. The highest BCUT2D eigenvalue weighted by Crippen LogP contribution is 2.39. The lowest BCUT2D eigenvalue weighted by atomic mass is 10.4. The van der Waals surface area contributed by atoms with Crippen LogP contribution in [0.5, 0.6) is 0 Å². The van der Waals surface area contributed by atoms with Crippen molar-refractivity contribution in [1.82, 2.24) is 4.31 Å². The molecule has 21 heavy (non-hydrogen) atoms. The Morgan fingerprint density at radius 2 is 1.95 bits per heavy atom. The lowest BCUT2D eigenvalue weighted by Gasteiger charge is -2.33. The molecule has 2 heterocycles. The second-order valence-electron chi connectivity index (χ2n) is 4.87. The molecule has 118 valence electrons. The van der Waals surface area contributed by atoms with Crippen molar-refractivity contribution >= 4 is 43.8 Å². The molecule has 2 rings (SSSR count). The Kier molecular flexibility index (Phi) is 4.81. The van der Waals surface area contributed by atoms with Gasteiger partial charge in [-0.05, 0) is 0 Å². The van der Waals surface area contributed by atoms with Gasteiger partial charge in [-0.15, -0.1) is 0 Å². The molecule has 1 saturated heterocycles. The first-order valence-corrected chi connectivity index (χ1v) is 9.57. The number of nitrogens with zero attached hydrogens (tertiary/aromatic N) is 2. The van der Waals surface area contributed by atoms with Crippen molar-refractivity contribution in [3.63, 3.8) is 0 Å². The van der Waals surface area contributed by atoms with E-state index in [1.54, 1.807) is 11.8 Å². The van der Waals surface area contributed by atoms with E-state index in [4.69, 9.17) is 0 Å². The van der Waals surface area contributed by atoms with Gasteiger partial charge in [0.15, 0.2) is 5.00 Å². The molecule has 0 amide bonds. The number of rotatable bonds is 4. The van der Waals surface area contributed by atoms with Crippen LogP contribution in [0.4, 0.5) is 10.7 Å². The number of nitro groups is 1. The molecule has 1 aliphatic heterocycles. The normalized spacial score (nSPS) is 24.0. The molecule has 0 aliphatic carbocycles. The summed E-state index contributed by atoms with van der Waals surface area (Å²) in [5.74, 6) is 0. The van der Waals surface area contributed by atoms with E-state index in [-0.39, 0.29) is 25.4 Å². The lowest BCUT2D eigenvalue weighted by Crippen LogP contribution is -2.43. The topological polar surface area (TPSA) is 92.6 Å². The van der Waals surface area contributed by atoms with E-state index >= 15 is 0 Å². The summed E-state index contributed by atoms with van der Waals surface area (Å²) >= 11 is 2.65. The number of hydrogen-bond acceptors (Lipinski definition) is 7. The van der Waals surface area contributed by atoms with Gasteiger partial charge in [0.25, 0.3) is 10.0 Å². The summed E-state index contributed by atoms with van der Waals surface area (Å²) in [7, 11) is -2.14. The molecule has 0 spiro atoms. The molecule has 7 nitrogen and oxygen atoms in total. The fourth-order valence-corrected chi connectivity index (χ4v) is 6.82. The first-order chi connectivity index (χ1) is 9.75. The van der Waals surface area contributed by atoms with Crippen LogP contribution in [0.3, 0.4) is 0 Å². The largest absolute Gasteiger partial charge is 0.374 e. The highest BCUT2D eigenvalue weighted by molar-refractivity contribution is 8.00. The van der Waals surface area contributed by atoms with E-state index in [0.29, 0.717) is 13.1 Å². The summed E-state index contributed by atoms with van der Waals surface area (Å²) in [4.78, 5) is 10.4. The minimum atomic E-state index is -3.68. The molecule has 0 saturated carbocycles. The predicted molar refractivity (Wildman–Crippen MR) is 85.8 cm³/mol. The van der Waals surface area contributed by atoms with Crippen LogP contribution in [-0.4, -0.2) is 48.3 Å². The van der Waals surface area contributed by atoms with Crippen molar-refractivity contribution < 1.29 is 13.3 Å². The third-order valence-corrected chi connectivity index (χ3v) is 7.74. The average molecular weight is 351 g/mol. The van der Waals surface area contributed by atoms with Gasteiger partial charge in [-0.1, -0.05) is 25.2 Å². The van der Waals surface area contributed by atoms with E-state index in [9.17, 15) is 18.5 Å². The third kappa shape index (κ3) is 3.33. The van der Waals surface area contributed by atoms with Crippen LogP contribution in [0.25, 0.3) is 0 Å². The number of nitrogens with one attached hydrogen (secondary N) is 1. The van der Waals surface area contributed by atoms with Gasteiger partial charge in [-0.2, -0.15) is 16.1 Å². The van der Waals surface area contributed by atoms with Gasteiger partial charge in [-0.25, -0.2) is 8.42 Å². The zero-order valence-corrected chi connectivity index (χ0v) is 14.3. The lowest BCUT2D eigenvalue weighted by molar-refractivity contribution is -0.383. The van der Waals surface area contributed by atoms with Crippen molar-refractivity contribution in [2.24, 2.45) is 0 Å². The zero-order valence-electron chi connectivity index (χ0n) is 11.9. The standard InChI is InChI=1S/C11H17N3O4S3/c1-7-5-13(6-8(2)19-7)21(17,18)10-4-9(14(15)16)11(12-3)20-10/h4,7-8,12H,5-6H2,1-3H3. The molecule has 0 radical (unpaired) electrons. The summed E-state index contributed by atoms with van der Waals surface area (Å²) in [6.45, 7) is 4.83. The summed E-state index contributed by atoms with van der Waals surface area (Å²) in [6, 6.07) is 1.14. The third-order valence-electron chi connectivity index (χ3n) is 3.09. The van der Waals surface area contributed by atoms with E-state index in [1.807, 2.05) is 13.8 Å². The first kappa shape index (κ1) is 16.5. The zero-order chi connectivity index (χ0) is 15.8.